The lowest BCUT2D eigenvalue weighted by Gasteiger charge is -2.42. The summed E-state index contributed by atoms with van der Waals surface area (Å²) in [5.41, 5.74) is 1.27. The van der Waals surface area contributed by atoms with Crippen molar-refractivity contribution < 1.29 is 43.1 Å². The van der Waals surface area contributed by atoms with Crippen LogP contribution in [-0.2, 0) is 9.53 Å². The van der Waals surface area contributed by atoms with Gasteiger partial charge in [-0.25, -0.2) is 0 Å². The summed E-state index contributed by atoms with van der Waals surface area (Å²) in [6.45, 7) is 3.37. The fourth-order valence-corrected chi connectivity index (χ4v) is 4.29. The number of aliphatic hydroxyl groups is 1. The molecule has 0 saturated heterocycles. The van der Waals surface area contributed by atoms with Gasteiger partial charge in [-0.2, -0.15) is 0 Å². The van der Waals surface area contributed by atoms with E-state index in [0.717, 1.165) is 0 Å². The van der Waals surface area contributed by atoms with Crippen LogP contribution in [0.1, 0.15) is 30.9 Å². The summed E-state index contributed by atoms with van der Waals surface area (Å²) in [7, 11) is 4.53. The van der Waals surface area contributed by atoms with Crippen molar-refractivity contribution in [1.82, 2.24) is 0 Å². The minimum atomic E-state index is -1.86. The van der Waals surface area contributed by atoms with Gasteiger partial charge >= 0.3 is 5.97 Å². The minimum Gasteiger partial charge on any atom is -0.493 e. The highest BCUT2D eigenvalue weighted by Gasteiger charge is 2.52. The van der Waals surface area contributed by atoms with Gasteiger partial charge in [-0.05, 0) is 30.7 Å². The second-order valence-electron chi connectivity index (χ2n) is 7.57. The molecular weight excluding hydrogens is 420 g/mol. The second-order valence-corrected chi connectivity index (χ2v) is 7.57. The van der Waals surface area contributed by atoms with E-state index in [-0.39, 0.29) is 13.4 Å². The van der Waals surface area contributed by atoms with E-state index in [0.29, 0.717) is 45.6 Å². The molecule has 0 spiro atoms. The number of benzene rings is 2. The van der Waals surface area contributed by atoms with Gasteiger partial charge in [0.1, 0.15) is 11.7 Å². The maximum atomic E-state index is 13.1. The number of carbonyl (C=O) groups is 1. The molecule has 9 heteroatoms. The molecule has 4 rings (SSSR count). The molecule has 0 aliphatic carbocycles. The minimum absolute atomic E-state index is 0.0742. The molecule has 2 aliphatic heterocycles. The molecule has 0 fully saturated rings. The van der Waals surface area contributed by atoms with E-state index in [1.165, 1.54) is 28.3 Å². The van der Waals surface area contributed by atoms with E-state index in [1.54, 1.807) is 31.2 Å². The Balaban J connectivity index is 1.97. The summed E-state index contributed by atoms with van der Waals surface area (Å²) >= 11 is 0. The van der Waals surface area contributed by atoms with Crippen LogP contribution in [0, 0.1) is 5.92 Å². The standard InChI is InChI=1S/C23H26O9/c1-6-29-22(24)20-19(12-7-17(26-3)21(28-5)18(8-12)27-4)13-9-15-16(31-11-30-15)10-14(13)32-23(20,2)25/h7-10,19-20,25H,6,11H2,1-5H3. The SMILES string of the molecule is CCOC(=O)C1C(c2cc(OC)c(OC)c(OC)c2)c2cc3c(cc2OC1(C)O)OCO3. The molecule has 2 heterocycles. The first-order valence-corrected chi connectivity index (χ1v) is 10.2. The number of methoxy groups -OCH3 is 3. The fraction of sp³-hybridized carbons (Fsp3) is 0.435. The number of fused-ring (bicyclic) bond motifs is 2. The molecule has 0 radical (unpaired) electrons. The van der Waals surface area contributed by atoms with Crippen molar-refractivity contribution in [1.29, 1.82) is 0 Å². The third-order valence-electron chi connectivity index (χ3n) is 5.65. The van der Waals surface area contributed by atoms with Crippen molar-refractivity contribution in [3.05, 3.63) is 35.4 Å². The molecule has 1 N–H and O–H groups in total. The average Bonchev–Trinajstić information content (AvgIpc) is 3.22. The van der Waals surface area contributed by atoms with Crippen LogP contribution in [0.2, 0.25) is 0 Å². The number of rotatable bonds is 6. The smallest absolute Gasteiger partial charge is 0.316 e. The summed E-state index contributed by atoms with van der Waals surface area (Å²) < 4.78 is 38.6. The second kappa shape index (κ2) is 8.31. The number of hydrogen-bond acceptors (Lipinski definition) is 9. The van der Waals surface area contributed by atoms with Crippen LogP contribution in [0.15, 0.2) is 24.3 Å². The van der Waals surface area contributed by atoms with E-state index in [1.807, 2.05) is 0 Å². The first-order valence-electron chi connectivity index (χ1n) is 10.2. The molecule has 3 atom stereocenters. The maximum Gasteiger partial charge on any atom is 0.316 e. The van der Waals surface area contributed by atoms with E-state index < -0.39 is 23.6 Å². The molecule has 0 saturated carbocycles. The lowest BCUT2D eigenvalue weighted by molar-refractivity contribution is -0.198. The van der Waals surface area contributed by atoms with Crippen LogP contribution in [0.25, 0.3) is 0 Å². The highest BCUT2D eigenvalue weighted by molar-refractivity contribution is 5.78. The van der Waals surface area contributed by atoms with Crippen molar-refractivity contribution >= 4 is 5.97 Å². The normalized spacial score (nSPS) is 23.1. The van der Waals surface area contributed by atoms with Gasteiger partial charge in [0.05, 0.1) is 27.9 Å². The van der Waals surface area contributed by atoms with E-state index in [4.69, 9.17) is 33.2 Å². The number of hydrogen-bond donors (Lipinski definition) is 1. The van der Waals surface area contributed by atoms with Crippen LogP contribution in [-0.4, -0.2) is 51.6 Å². The van der Waals surface area contributed by atoms with Crippen molar-refractivity contribution in [2.24, 2.45) is 5.92 Å². The summed E-state index contributed by atoms with van der Waals surface area (Å²) in [5, 5.41) is 11.2. The van der Waals surface area contributed by atoms with Gasteiger partial charge in [-0.1, -0.05) is 0 Å². The third-order valence-corrected chi connectivity index (χ3v) is 5.65. The van der Waals surface area contributed by atoms with E-state index in [2.05, 4.69) is 0 Å². The number of ether oxygens (including phenoxy) is 7. The predicted octanol–water partition coefficient (Wildman–Crippen LogP) is 2.85. The summed E-state index contributed by atoms with van der Waals surface area (Å²) in [5.74, 6) is -1.58. The topological polar surface area (TPSA) is 102 Å². The van der Waals surface area contributed by atoms with Gasteiger partial charge in [-0.15, -0.1) is 0 Å². The van der Waals surface area contributed by atoms with E-state index >= 15 is 0 Å². The van der Waals surface area contributed by atoms with Crippen molar-refractivity contribution in [3.63, 3.8) is 0 Å². The third kappa shape index (κ3) is 3.52. The fourth-order valence-electron chi connectivity index (χ4n) is 4.29. The maximum absolute atomic E-state index is 13.1. The molecule has 32 heavy (non-hydrogen) atoms. The summed E-state index contributed by atoms with van der Waals surface area (Å²) in [6, 6.07) is 6.90. The Labute approximate surface area is 185 Å². The van der Waals surface area contributed by atoms with Crippen molar-refractivity contribution in [2.45, 2.75) is 25.6 Å². The lowest BCUT2D eigenvalue weighted by atomic mass is 9.74. The van der Waals surface area contributed by atoms with Gasteiger partial charge in [0.15, 0.2) is 23.0 Å². The Morgan fingerprint density at radius 1 is 1.03 bits per heavy atom. The quantitative estimate of drug-likeness (QED) is 0.671. The zero-order valence-corrected chi connectivity index (χ0v) is 18.6. The monoisotopic (exact) mass is 446 g/mol. The van der Waals surface area contributed by atoms with Crippen LogP contribution in [0.3, 0.4) is 0 Å². The Kier molecular flexibility index (Phi) is 5.68. The molecule has 3 unspecified atom stereocenters. The first kappa shape index (κ1) is 21.9. The largest absolute Gasteiger partial charge is 0.493 e. The molecule has 2 aromatic rings. The van der Waals surface area contributed by atoms with Gasteiger partial charge in [-0.3, -0.25) is 4.79 Å². The van der Waals surface area contributed by atoms with Gasteiger partial charge in [0, 0.05) is 24.5 Å². The number of carbonyl (C=O) groups excluding carboxylic acids is 1. The zero-order valence-electron chi connectivity index (χ0n) is 18.6. The van der Waals surface area contributed by atoms with Gasteiger partial charge in [0.25, 0.3) is 0 Å². The van der Waals surface area contributed by atoms with Crippen LogP contribution in [0.4, 0.5) is 0 Å². The number of esters is 1. The Hall–Kier alpha value is -3.33. The molecule has 9 nitrogen and oxygen atoms in total. The highest BCUT2D eigenvalue weighted by atomic mass is 16.7. The zero-order chi connectivity index (χ0) is 23.0. The summed E-state index contributed by atoms with van der Waals surface area (Å²) in [4.78, 5) is 13.1. The Bertz CT molecular complexity index is 1010. The van der Waals surface area contributed by atoms with Crippen LogP contribution < -0.4 is 28.4 Å². The lowest BCUT2D eigenvalue weighted by Crippen LogP contribution is -2.51. The molecule has 0 amide bonds. The van der Waals surface area contributed by atoms with E-state index in [9.17, 15) is 9.90 Å². The van der Waals surface area contributed by atoms with Crippen LogP contribution in [0.5, 0.6) is 34.5 Å². The molecule has 2 aliphatic rings. The molecular formula is C23H26O9. The molecule has 0 aromatic heterocycles. The highest BCUT2D eigenvalue weighted by Crippen LogP contribution is 2.53. The summed E-state index contributed by atoms with van der Waals surface area (Å²) in [6.07, 6.45) is 0. The Morgan fingerprint density at radius 2 is 1.66 bits per heavy atom. The van der Waals surface area contributed by atoms with Gasteiger partial charge in [0.2, 0.25) is 18.3 Å². The molecule has 2 aromatic carbocycles. The molecule has 172 valence electrons. The molecule has 0 bridgehead atoms. The van der Waals surface area contributed by atoms with Crippen molar-refractivity contribution in [3.8, 4) is 34.5 Å². The van der Waals surface area contributed by atoms with Crippen LogP contribution >= 0.6 is 0 Å². The first-order chi connectivity index (χ1) is 15.3. The van der Waals surface area contributed by atoms with Gasteiger partial charge < -0.3 is 38.3 Å². The predicted molar refractivity (Wildman–Crippen MR) is 112 cm³/mol. The van der Waals surface area contributed by atoms with Crippen molar-refractivity contribution in [2.75, 3.05) is 34.7 Å². The average molecular weight is 446 g/mol. The Morgan fingerprint density at radius 3 is 2.22 bits per heavy atom.